The molecule has 0 aliphatic carbocycles. The third kappa shape index (κ3) is 7.57. The summed E-state index contributed by atoms with van der Waals surface area (Å²) in [5, 5.41) is 0. The lowest BCUT2D eigenvalue weighted by Crippen LogP contribution is -2.14. The average molecular weight is 317 g/mol. The Balaban J connectivity index is 5.14. The van der Waals surface area contributed by atoms with Gasteiger partial charge in [-0.15, -0.1) is 0 Å². The number of hydrogen-bond donors (Lipinski definition) is 0. The molecule has 0 saturated heterocycles. The first-order valence-electron chi connectivity index (χ1n) is 7.75. The Hall–Kier alpha value is -1.39. The minimum Gasteiger partial charge on any atom is -0.300 e. The van der Waals surface area contributed by atoms with E-state index < -0.39 is 11.7 Å². The molecule has 0 aliphatic heterocycles. The molecule has 0 aliphatic rings. The first-order chi connectivity index (χ1) is 10.3. The van der Waals surface area contributed by atoms with E-state index in [0.29, 0.717) is 18.5 Å². The smallest absolute Gasteiger partial charge is 0.300 e. The topological polar surface area (TPSA) is 29.4 Å². The van der Waals surface area contributed by atoms with Crippen LogP contribution in [-0.4, -0.2) is 18.2 Å². The Labute approximate surface area is 131 Å². The lowest BCUT2D eigenvalue weighted by atomic mass is 9.92. The first-order valence-corrected chi connectivity index (χ1v) is 7.75. The number of allylic oxidation sites excluding steroid dienone is 4. The van der Waals surface area contributed by atoms with E-state index in [1.165, 1.54) is 6.92 Å². The molecule has 0 aromatic heterocycles. The van der Waals surface area contributed by atoms with E-state index in [-0.39, 0.29) is 11.7 Å². The maximum absolute atomic E-state index is 12.7. The lowest BCUT2D eigenvalue weighted by molar-refractivity contribution is -0.119. The fraction of sp³-hybridized carbons (Fsp3) is 0.647. The van der Waals surface area contributed by atoms with Gasteiger partial charge in [0.1, 0.15) is 5.78 Å². The summed E-state index contributed by atoms with van der Waals surface area (Å²) < 4.78 is 38.1. The zero-order valence-corrected chi connectivity index (χ0v) is 13.8. The monoisotopic (exact) mass is 317 g/mol. The predicted octanol–water partition coefficient (Wildman–Crippen LogP) is 5.65. The lowest BCUT2D eigenvalue weighted by Gasteiger charge is -2.16. The highest BCUT2D eigenvalue weighted by atomic mass is 19.4. The molecule has 0 rings (SSSR count). The molecule has 0 aromatic rings. The molecule has 0 saturated carbocycles. The zero-order chi connectivity index (χ0) is 17.2. The third-order valence-electron chi connectivity index (χ3n) is 3.35. The van der Waals surface area contributed by atoms with Crippen molar-refractivity contribution < 1.29 is 18.0 Å². The van der Waals surface area contributed by atoms with Gasteiger partial charge < -0.3 is 0 Å². The summed E-state index contributed by atoms with van der Waals surface area (Å²) in [5.41, 5.74) is -0.225. The molecule has 1 atom stereocenters. The van der Waals surface area contributed by atoms with E-state index in [9.17, 15) is 18.0 Å². The van der Waals surface area contributed by atoms with Crippen molar-refractivity contribution in [2.45, 2.75) is 66.0 Å². The average Bonchev–Trinajstić information content (AvgIpc) is 2.42. The number of nitrogens with zero attached hydrogens (tertiary/aromatic N) is 1. The number of carbonyl (C=O) groups is 1. The summed E-state index contributed by atoms with van der Waals surface area (Å²) in [7, 11) is 0. The van der Waals surface area contributed by atoms with Gasteiger partial charge in [-0.3, -0.25) is 9.79 Å². The largest absolute Gasteiger partial charge is 0.417 e. The van der Waals surface area contributed by atoms with Gasteiger partial charge >= 0.3 is 6.18 Å². The van der Waals surface area contributed by atoms with Gasteiger partial charge in [0.15, 0.2) is 0 Å². The number of carbonyl (C=O) groups excluding carboxylic acids is 1. The summed E-state index contributed by atoms with van der Waals surface area (Å²) in [6.45, 7) is 6.99. The number of aliphatic imine (C=N–C) groups is 1. The van der Waals surface area contributed by atoms with E-state index in [1.807, 2.05) is 13.8 Å². The molecule has 0 heterocycles. The molecule has 1 unspecified atom stereocenters. The summed E-state index contributed by atoms with van der Waals surface area (Å²) in [6, 6.07) is 0. The van der Waals surface area contributed by atoms with Gasteiger partial charge in [0, 0.05) is 30.7 Å². The van der Waals surface area contributed by atoms with Gasteiger partial charge in [-0.1, -0.05) is 32.4 Å². The van der Waals surface area contributed by atoms with Crippen LogP contribution in [0, 0.1) is 5.92 Å². The van der Waals surface area contributed by atoms with Crippen LogP contribution in [0.15, 0.2) is 28.4 Å². The molecule has 0 amide bonds. The Morgan fingerprint density at radius 3 is 2.18 bits per heavy atom. The molecule has 5 heteroatoms. The molecule has 2 nitrogen and oxygen atoms in total. The van der Waals surface area contributed by atoms with Crippen LogP contribution in [0.25, 0.3) is 0 Å². The second kappa shape index (κ2) is 10.4. The van der Waals surface area contributed by atoms with Gasteiger partial charge in [-0.05, 0) is 26.7 Å². The van der Waals surface area contributed by atoms with Crippen LogP contribution in [0.1, 0.15) is 59.8 Å². The van der Waals surface area contributed by atoms with Crippen LogP contribution in [0.3, 0.4) is 0 Å². The summed E-state index contributed by atoms with van der Waals surface area (Å²) >= 11 is 0. The van der Waals surface area contributed by atoms with Gasteiger partial charge in [0.25, 0.3) is 0 Å². The number of alkyl halides is 3. The van der Waals surface area contributed by atoms with E-state index in [0.717, 1.165) is 31.6 Å². The van der Waals surface area contributed by atoms with Crippen molar-refractivity contribution in [3.63, 3.8) is 0 Å². The Kier molecular flexibility index (Phi) is 9.70. The van der Waals surface area contributed by atoms with Crippen molar-refractivity contribution in [1.29, 1.82) is 0 Å². The van der Waals surface area contributed by atoms with Crippen molar-refractivity contribution in [1.82, 2.24) is 0 Å². The molecule has 0 radical (unpaired) electrons. The highest BCUT2D eigenvalue weighted by Crippen LogP contribution is 2.27. The second-order valence-corrected chi connectivity index (χ2v) is 5.19. The number of Topliss-reactive ketones (excluding diaryl/α,β-unsaturated/α-hetero) is 1. The number of halogens is 3. The Morgan fingerprint density at radius 1 is 1.14 bits per heavy atom. The van der Waals surface area contributed by atoms with Crippen molar-refractivity contribution in [3.05, 3.63) is 23.4 Å². The summed E-state index contributed by atoms with van der Waals surface area (Å²) in [6.07, 6.45) is 2.35. The first kappa shape index (κ1) is 20.6. The molecule has 0 N–H and O–H groups in total. The van der Waals surface area contributed by atoms with Crippen LogP contribution >= 0.6 is 0 Å². The van der Waals surface area contributed by atoms with Gasteiger partial charge in [-0.25, -0.2) is 0 Å². The highest BCUT2D eigenvalue weighted by Gasteiger charge is 2.31. The number of ketones is 1. The molecular formula is C17H26F3NO. The van der Waals surface area contributed by atoms with Crippen LogP contribution in [0.2, 0.25) is 0 Å². The molecular weight excluding hydrogens is 291 g/mol. The Bertz CT molecular complexity index is 434. The fourth-order valence-corrected chi connectivity index (χ4v) is 2.23. The molecule has 0 spiro atoms. The Morgan fingerprint density at radius 2 is 1.77 bits per heavy atom. The molecule has 0 aromatic carbocycles. The van der Waals surface area contributed by atoms with E-state index >= 15 is 0 Å². The zero-order valence-electron chi connectivity index (χ0n) is 13.8. The second-order valence-electron chi connectivity index (χ2n) is 5.19. The van der Waals surface area contributed by atoms with Crippen LogP contribution in [-0.2, 0) is 4.79 Å². The minimum absolute atomic E-state index is 0.114. The minimum atomic E-state index is -4.41. The van der Waals surface area contributed by atoms with Crippen molar-refractivity contribution in [2.75, 3.05) is 0 Å². The standard InChI is InChI=1S/C17H26F3NO/c1-5-9-13(11-15(22)10-6-2)16(8-4)21-12-14(7-3)17(18,19)20/h7-8,12-13H,5-6,9-11H2,1-4H3/b14-7+,16-8-,21-12+. The van der Waals surface area contributed by atoms with Gasteiger partial charge in [0.05, 0.1) is 5.57 Å². The normalized spacial score (nSPS) is 15.4. The maximum atomic E-state index is 12.7. The molecule has 22 heavy (non-hydrogen) atoms. The van der Waals surface area contributed by atoms with Crippen molar-refractivity contribution >= 4 is 12.0 Å². The number of rotatable bonds is 9. The quantitative estimate of drug-likeness (QED) is 0.506. The summed E-state index contributed by atoms with van der Waals surface area (Å²) in [4.78, 5) is 15.8. The van der Waals surface area contributed by atoms with Crippen molar-refractivity contribution in [2.24, 2.45) is 10.9 Å². The van der Waals surface area contributed by atoms with Crippen LogP contribution in [0.5, 0.6) is 0 Å². The third-order valence-corrected chi connectivity index (χ3v) is 3.35. The van der Waals surface area contributed by atoms with Crippen molar-refractivity contribution in [3.8, 4) is 0 Å². The van der Waals surface area contributed by atoms with Crippen LogP contribution < -0.4 is 0 Å². The maximum Gasteiger partial charge on any atom is 0.417 e. The SMILES string of the molecule is C\C=C(/N=C/C(=C\C)C(F)(F)F)C(CCC)CC(=O)CCC. The van der Waals surface area contributed by atoms with E-state index in [2.05, 4.69) is 4.99 Å². The summed E-state index contributed by atoms with van der Waals surface area (Å²) in [5.74, 6) is 0.0224. The molecule has 0 fully saturated rings. The van der Waals surface area contributed by atoms with E-state index in [1.54, 1.807) is 13.0 Å². The number of hydrogen-bond acceptors (Lipinski definition) is 2. The van der Waals surface area contributed by atoms with Gasteiger partial charge in [0.2, 0.25) is 0 Å². The molecule has 126 valence electrons. The highest BCUT2D eigenvalue weighted by molar-refractivity contribution is 5.81. The van der Waals surface area contributed by atoms with E-state index in [4.69, 9.17) is 0 Å². The fourth-order valence-electron chi connectivity index (χ4n) is 2.23. The van der Waals surface area contributed by atoms with Gasteiger partial charge in [-0.2, -0.15) is 13.2 Å². The predicted molar refractivity (Wildman–Crippen MR) is 85.0 cm³/mol. The molecule has 0 bridgehead atoms. The van der Waals surface area contributed by atoms with Crippen LogP contribution in [0.4, 0.5) is 13.2 Å².